The number of hydrogen-bond donors (Lipinski definition) is 5. The maximum absolute atomic E-state index is 10.1. The molecule has 0 fully saturated rings. The van der Waals surface area contributed by atoms with Crippen LogP contribution in [0.25, 0.3) is 0 Å². The second-order valence-corrected chi connectivity index (χ2v) is 5.27. The van der Waals surface area contributed by atoms with E-state index in [0.29, 0.717) is 18.4 Å². The van der Waals surface area contributed by atoms with Crippen LogP contribution in [-0.4, -0.2) is 55.6 Å². The Kier molecular flexibility index (Phi) is 17.5. The van der Waals surface area contributed by atoms with Crippen LogP contribution in [0.1, 0.15) is 46.5 Å². The first-order chi connectivity index (χ1) is 11.8. The first-order valence-corrected chi connectivity index (χ1v) is 7.94. The summed E-state index contributed by atoms with van der Waals surface area (Å²) in [6.45, 7) is 14.7. The van der Waals surface area contributed by atoms with E-state index in [4.69, 9.17) is 25.5 Å². The summed E-state index contributed by atoms with van der Waals surface area (Å²) in [5, 5.41) is 42.0. The quantitative estimate of drug-likeness (QED) is 0.385. The predicted molar refractivity (Wildman–Crippen MR) is 97.8 cm³/mol. The topological polar surface area (TPSA) is 152 Å². The van der Waals surface area contributed by atoms with Crippen molar-refractivity contribution in [3.63, 3.8) is 0 Å². The SMILES string of the molecule is C=C(C(=O)O)C(C)O.C=C(C(=O)O)C(O)CC.C=C(CCCC)C(=O)O. The highest BCUT2D eigenvalue weighted by Crippen LogP contribution is 2.03. The van der Waals surface area contributed by atoms with Gasteiger partial charge >= 0.3 is 17.9 Å². The molecule has 0 heterocycles. The van der Waals surface area contributed by atoms with Crippen molar-refractivity contribution in [2.75, 3.05) is 0 Å². The van der Waals surface area contributed by atoms with Gasteiger partial charge in [0, 0.05) is 5.57 Å². The summed E-state index contributed by atoms with van der Waals surface area (Å²) >= 11 is 0. The minimum atomic E-state index is -1.15. The van der Waals surface area contributed by atoms with E-state index < -0.39 is 30.1 Å². The summed E-state index contributed by atoms with van der Waals surface area (Å²) in [4.78, 5) is 30.0. The van der Waals surface area contributed by atoms with Crippen molar-refractivity contribution in [1.82, 2.24) is 0 Å². The van der Waals surface area contributed by atoms with Crippen LogP contribution in [0.15, 0.2) is 36.5 Å². The second-order valence-electron chi connectivity index (χ2n) is 5.27. The van der Waals surface area contributed by atoms with E-state index >= 15 is 0 Å². The predicted octanol–water partition coefficient (Wildman–Crippen LogP) is 2.22. The Morgan fingerprint density at radius 2 is 1.27 bits per heavy atom. The third-order valence-electron chi connectivity index (χ3n) is 2.98. The van der Waals surface area contributed by atoms with Crippen molar-refractivity contribution in [3.05, 3.63) is 36.5 Å². The fourth-order valence-corrected chi connectivity index (χ4v) is 1.06. The Morgan fingerprint density at radius 1 is 0.846 bits per heavy atom. The van der Waals surface area contributed by atoms with Gasteiger partial charge in [0.05, 0.1) is 23.4 Å². The summed E-state index contributed by atoms with van der Waals surface area (Å²) in [6.07, 6.45) is 1.10. The van der Waals surface area contributed by atoms with Crippen LogP contribution in [0.5, 0.6) is 0 Å². The van der Waals surface area contributed by atoms with Crippen molar-refractivity contribution in [1.29, 1.82) is 0 Å². The lowest BCUT2D eigenvalue weighted by Gasteiger charge is -2.04. The van der Waals surface area contributed by atoms with Crippen LogP contribution in [0.2, 0.25) is 0 Å². The molecule has 0 saturated heterocycles. The van der Waals surface area contributed by atoms with Crippen molar-refractivity contribution in [2.24, 2.45) is 0 Å². The van der Waals surface area contributed by atoms with Crippen LogP contribution < -0.4 is 0 Å². The molecule has 2 atom stereocenters. The lowest BCUT2D eigenvalue weighted by molar-refractivity contribution is -0.134. The molecule has 0 amide bonds. The van der Waals surface area contributed by atoms with E-state index in [-0.39, 0.29) is 11.1 Å². The number of aliphatic hydroxyl groups is 2. The van der Waals surface area contributed by atoms with Crippen LogP contribution in [0.3, 0.4) is 0 Å². The molecule has 0 radical (unpaired) electrons. The second kappa shape index (κ2) is 16.0. The van der Waals surface area contributed by atoms with Crippen LogP contribution in [-0.2, 0) is 14.4 Å². The largest absolute Gasteiger partial charge is 0.478 e. The van der Waals surface area contributed by atoms with E-state index in [1.807, 2.05) is 6.92 Å². The lowest BCUT2D eigenvalue weighted by atomic mass is 10.1. The maximum Gasteiger partial charge on any atom is 0.333 e. The Hall–Kier alpha value is -2.45. The number of hydrogen-bond acceptors (Lipinski definition) is 5. The molecule has 0 rings (SSSR count). The van der Waals surface area contributed by atoms with Crippen molar-refractivity contribution < 1.29 is 39.9 Å². The minimum absolute atomic E-state index is 0.141. The van der Waals surface area contributed by atoms with Gasteiger partial charge in [0.15, 0.2) is 0 Å². The van der Waals surface area contributed by atoms with Gasteiger partial charge in [-0.25, -0.2) is 14.4 Å². The van der Waals surface area contributed by atoms with Crippen molar-refractivity contribution >= 4 is 17.9 Å². The highest BCUT2D eigenvalue weighted by Gasteiger charge is 2.12. The summed E-state index contributed by atoms with van der Waals surface area (Å²) < 4.78 is 0. The molecule has 0 aliphatic carbocycles. The van der Waals surface area contributed by atoms with E-state index in [1.54, 1.807) is 6.92 Å². The zero-order chi connectivity index (χ0) is 21.4. The van der Waals surface area contributed by atoms with E-state index in [0.717, 1.165) is 12.8 Å². The van der Waals surface area contributed by atoms with Gasteiger partial charge in [-0.1, -0.05) is 40.0 Å². The number of carboxylic acids is 3. The molecule has 0 aliphatic heterocycles. The van der Waals surface area contributed by atoms with Gasteiger partial charge in [0.2, 0.25) is 0 Å². The van der Waals surface area contributed by atoms with Gasteiger partial charge in [-0.2, -0.15) is 0 Å². The van der Waals surface area contributed by atoms with Gasteiger partial charge in [0.25, 0.3) is 0 Å². The van der Waals surface area contributed by atoms with Crippen LogP contribution in [0.4, 0.5) is 0 Å². The van der Waals surface area contributed by atoms with Crippen molar-refractivity contribution in [3.8, 4) is 0 Å². The Morgan fingerprint density at radius 3 is 1.42 bits per heavy atom. The fraction of sp³-hybridized carbons (Fsp3) is 0.500. The molecule has 0 bridgehead atoms. The maximum atomic E-state index is 10.1. The molecule has 0 aromatic rings. The zero-order valence-electron chi connectivity index (χ0n) is 15.6. The van der Waals surface area contributed by atoms with Gasteiger partial charge in [-0.3, -0.25) is 0 Å². The first kappa shape index (κ1) is 28.4. The molecular weight excluding hydrogens is 344 g/mol. The summed E-state index contributed by atoms with van der Waals surface area (Å²) in [5.74, 6) is -3.16. The molecule has 0 spiro atoms. The third-order valence-corrected chi connectivity index (χ3v) is 2.98. The lowest BCUT2D eigenvalue weighted by Crippen LogP contribution is -2.15. The highest BCUT2D eigenvalue weighted by atomic mass is 16.4. The van der Waals surface area contributed by atoms with Crippen LogP contribution >= 0.6 is 0 Å². The minimum Gasteiger partial charge on any atom is -0.478 e. The summed E-state index contributed by atoms with van der Waals surface area (Å²) in [6, 6.07) is 0. The molecule has 150 valence electrons. The van der Waals surface area contributed by atoms with Gasteiger partial charge in [-0.05, 0) is 26.2 Å². The van der Waals surface area contributed by atoms with Gasteiger partial charge < -0.3 is 25.5 Å². The number of aliphatic carboxylic acids is 3. The number of rotatable bonds is 9. The Labute approximate surface area is 153 Å². The van der Waals surface area contributed by atoms with Gasteiger partial charge in [-0.15, -0.1) is 0 Å². The number of unbranched alkanes of at least 4 members (excludes halogenated alkanes) is 1. The Balaban J connectivity index is -0.000000306. The molecule has 0 aromatic carbocycles. The van der Waals surface area contributed by atoms with E-state index in [9.17, 15) is 14.4 Å². The molecule has 0 aromatic heterocycles. The van der Waals surface area contributed by atoms with Crippen LogP contribution in [0, 0.1) is 0 Å². The number of carboxylic acid groups (broad SMARTS) is 3. The molecule has 0 aliphatic rings. The third kappa shape index (κ3) is 16.4. The zero-order valence-corrected chi connectivity index (χ0v) is 15.6. The fourth-order valence-electron chi connectivity index (χ4n) is 1.06. The average Bonchev–Trinajstić information content (AvgIpc) is 2.57. The highest BCUT2D eigenvalue weighted by molar-refractivity contribution is 5.87. The summed E-state index contributed by atoms with van der Waals surface area (Å²) in [7, 11) is 0. The summed E-state index contributed by atoms with van der Waals surface area (Å²) in [5.41, 5.74) is -0.000602. The van der Waals surface area contributed by atoms with Crippen molar-refractivity contribution in [2.45, 2.75) is 58.7 Å². The Bertz CT molecular complexity index is 505. The molecule has 8 heteroatoms. The normalized spacial score (nSPS) is 11.4. The van der Waals surface area contributed by atoms with Gasteiger partial charge in [0.1, 0.15) is 0 Å². The number of carbonyl (C=O) groups is 3. The van der Waals surface area contributed by atoms with E-state index in [1.165, 1.54) is 6.92 Å². The molecule has 8 nitrogen and oxygen atoms in total. The number of aliphatic hydroxyl groups excluding tert-OH is 2. The standard InChI is InChI=1S/C7H12O2.C6H10O3.C5H8O3/c1-3-4-5-6(2)7(8)9;1-3-5(7)4(2)6(8)9;1-3(4(2)6)5(7)8/h2-5H2,1H3,(H,8,9);5,7H,2-3H2,1H3,(H,8,9);4,6H,1H2,2H3,(H,7,8). The molecular formula is C18H30O8. The first-order valence-electron chi connectivity index (χ1n) is 7.94. The molecule has 0 saturated carbocycles. The monoisotopic (exact) mass is 374 g/mol. The van der Waals surface area contributed by atoms with E-state index in [2.05, 4.69) is 19.7 Å². The molecule has 5 N–H and O–H groups in total. The smallest absolute Gasteiger partial charge is 0.333 e. The molecule has 26 heavy (non-hydrogen) atoms. The average molecular weight is 374 g/mol. The molecule has 2 unspecified atom stereocenters.